The molecule has 0 saturated carbocycles. The number of hydrogen-bond acceptors (Lipinski definition) is 4. The molecule has 168 valence electrons. The fourth-order valence-corrected chi connectivity index (χ4v) is 5.35. The first-order valence-corrected chi connectivity index (χ1v) is 10.9. The van der Waals surface area contributed by atoms with Gasteiger partial charge in [-0.15, -0.1) is 0 Å². The standard InChI is InChI=1S/C24H20ClF3O4/c1-2-11-3-5-13(31-16-6-4-12(9-15(16)25)24(26,27)28)10-14(11)19-22(29)20-17-7-8-18(32-17)21(20)23(19)30/h3-6,9-10,17-18,20-21,29H,2,7-8H2,1H3. The normalized spacial score (nSPS) is 26.7. The number of ether oxygens (including phenoxy) is 2. The van der Waals surface area contributed by atoms with Crippen LogP contribution in [0, 0.1) is 11.8 Å². The molecule has 2 heterocycles. The molecule has 2 saturated heterocycles. The van der Waals surface area contributed by atoms with Gasteiger partial charge in [-0.05, 0) is 60.7 Å². The molecule has 0 amide bonds. The van der Waals surface area contributed by atoms with Crippen molar-refractivity contribution in [3.05, 3.63) is 63.9 Å². The van der Waals surface area contributed by atoms with Gasteiger partial charge < -0.3 is 14.6 Å². The zero-order chi connectivity index (χ0) is 22.8. The highest BCUT2D eigenvalue weighted by atomic mass is 35.5. The van der Waals surface area contributed by atoms with Gasteiger partial charge in [-0.1, -0.05) is 24.6 Å². The number of halogens is 4. The predicted octanol–water partition coefficient (Wildman–Crippen LogP) is 6.36. The smallest absolute Gasteiger partial charge is 0.416 e. The van der Waals surface area contributed by atoms with Gasteiger partial charge in [0, 0.05) is 0 Å². The fourth-order valence-electron chi connectivity index (χ4n) is 5.14. The van der Waals surface area contributed by atoms with Gasteiger partial charge in [-0.2, -0.15) is 13.2 Å². The van der Waals surface area contributed by atoms with Crippen LogP contribution in [0.15, 0.2) is 42.2 Å². The van der Waals surface area contributed by atoms with Crippen molar-refractivity contribution in [3.8, 4) is 11.5 Å². The number of alkyl halides is 3. The van der Waals surface area contributed by atoms with Crippen LogP contribution in [-0.4, -0.2) is 23.1 Å². The first kappa shape index (κ1) is 21.3. The Morgan fingerprint density at radius 1 is 1.12 bits per heavy atom. The third-order valence-electron chi connectivity index (χ3n) is 6.61. The number of allylic oxidation sites excluding steroid dienone is 1. The molecule has 1 N–H and O–H groups in total. The van der Waals surface area contributed by atoms with Crippen LogP contribution < -0.4 is 4.74 Å². The van der Waals surface area contributed by atoms with Crippen LogP contribution in [0.3, 0.4) is 0 Å². The number of rotatable bonds is 4. The number of ketones is 1. The summed E-state index contributed by atoms with van der Waals surface area (Å²) in [6, 6.07) is 7.96. The quantitative estimate of drug-likeness (QED) is 0.572. The van der Waals surface area contributed by atoms with E-state index in [1.165, 1.54) is 0 Å². The molecule has 0 aromatic heterocycles. The van der Waals surface area contributed by atoms with E-state index >= 15 is 0 Å². The summed E-state index contributed by atoms with van der Waals surface area (Å²) in [6.07, 6.45) is -2.54. The molecule has 2 aliphatic heterocycles. The lowest BCUT2D eigenvalue weighted by atomic mass is 9.80. The van der Waals surface area contributed by atoms with Crippen LogP contribution in [0.2, 0.25) is 5.02 Å². The number of aryl methyl sites for hydroxylation is 1. The van der Waals surface area contributed by atoms with Gasteiger partial charge in [0.2, 0.25) is 0 Å². The Labute approximate surface area is 187 Å². The number of Topliss-reactive ketones (excluding diaryl/α,β-unsaturated/α-hetero) is 1. The average molecular weight is 465 g/mol. The molecule has 4 nitrogen and oxygen atoms in total. The van der Waals surface area contributed by atoms with Crippen molar-refractivity contribution in [1.29, 1.82) is 0 Å². The summed E-state index contributed by atoms with van der Waals surface area (Å²) < 4.78 is 50.3. The van der Waals surface area contributed by atoms with Crippen LogP contribution in [0.1, 0.15) is 36.5 Å². The molecule has 5 rings (SSSR count). The molecule has 2 fully saturated rings. The Kier molecular flexibility index (Phi) is 5.02. The van der Waals surface area contributed by atoms with Gasteiger partial charge in [0.25, 0.3) is 0 Å². The van der Waals surface area contributed by atoms with E-state index in [1.54, 1.807) is 18.2 Å². The summed E-state index contributed by atoms with van der Waals surface area (Å²) in [5, 5.41) is 10.8. The lowest BCUT2D eigenvalue weighted by Gasteiger charge is -2.19. The molecular weight excluding hydrogens is 445 g/mol. The minimum atomic E-state index is -4.51. The van der Waals surface area contributed by atoms with Gasteiger partial charge >= 0.3 is 6.18 Å². The van der Waals surface area contributed by atoms with Crippen molar-refractivity contribution in [1.82, 2.24) is 0 Å². The average Bonchev–Trinajstić information content (AvgIpc) is 3.42. The van der Waals surface area contributed by atoms with Crippen LogP contribution in [0.25, 0.3) is 5.57 Å². The summed E-state index contributed by atoms with van der Waals surface area (Å²) in [4.78, 5) is 13.2. The number of hydrogen-bond donors (Lipinski definition) is 1. The highest BCUT2D eigenvalue weighted by Crippen LogP contribution is 2.54. The maximum atomic E-state index is 13.2. The van der Waals surface area contributed by atoms with E-state index < -0.39 is 11.7 Å². The fraction of sp³-hybridized carbons (Fsp3) is 0.375. The monoisotopic (exact) mass is 464 g/mol. The summed E-state index contributed by atoms with van der Waals surface area (Å²) in [5.41, 5.74) is 0.858. The maximum Gasteiger partial charge on any atom is 0.416 e. The van der Waals surface area contributed by atoms with Crippen LogP contribution in [0.4, 0.5) is 13.2 Å². The minimum Gasteiger partial charge on any atom is -0.511 e. The van der Waals surface area contributed by atoms with Gasteiger partial charge in [-0.3, -0.25) is 4.79 Å². The molecule has 8 heteroatoms. The molecule has 32 heavy (non-hydrogen) atoms. The second-order valence-electron chi connectivity index (χ2n) is 8.38. The van der Waals surface area contributed by atoms with Crippen molar-refractivity contribution in [2.45, 2.75) is 44.6 Å². The van der Waals surface area contributed by atoms with E-state index in [4.69, 9.17) is 21.1 Å². The van der Waals surface area contributed by atoms with E-state index in [0.29, 0.717) is 23.3 Å². The molecule has 4 unspecified atom stereocenters. The number of aliphatic hydroxyl groups excluding tert-OH is 1. The van der Waals surface area contributed by atoms with E-state index in [1.807, 2.05) is 6.92 Å². The van der Waals surface area contributed by atoms with Crippen molar-refractivity contribution in [2.24, 2.45) is 11.8 Å². The molecule has 2 aromatic carbocycles. The van der Waals surface area contributed by atoms with Crippen molar-refractivity contribution in [3.63, 3.8) is 0 Å². The Balaban J connectivity index is 1.50. The SMILES string of the molecule is CCc1ccc(Oc2ccc(C(F)(F)F)cc2Cl)cc1C1=C(O)C2C3CCC(O3)C2C1=O. The number of aliphatic hydroxyl groups is 1. The molecular formula is C24H20ClF3O4. The lowest BCUT2D eigenvalue weighted by Crippen LogP contribution is -2.29. The molecule has 0 spiro atoms. The van der Waals surface area contributed by atoms with E-state index in [2.05, 4.69) is 0 Å². The van der Waals surface area contributed by atoms with Gasteiger partial charge in [0.1, 0.15) is 17.3 Å². The second-order valence-corrected chi connectivity index (χ2v) is 8.79. The lowest BCUT2D eigenvalue weighted by molar-refractivity contribution is -0.137. The number of fused-ring (bicyclic) bond motifs is 5. The van der Waals surface area contributed by atoms with Gasteiger partial charge in [-0.25, -0.2) is 0 Å². The Morgan fingerprint density at radius 3 is 2.47 bits per heavy atom. The summed E-state index contributed by atoms with van der Waals surface area (Å²) in [7, 11) is 0. The zero-order valence-corrected chi connectivity index (χ0v) is 17.8. The second kappa shape index (κ2) is 7.52. The summed E-state index contributed by atoms with van der Waals surface area (Å²) >= 11 is 6.02. The molecule has 3 aliphatic rings. The predicted molar refractivity (Wildman–Crippen MR) is 112 cm³/mol. The third kappa shape index (κ3) is 3.30. The third-order valence-corrected chi connectivity index (χ3v) is 6.91. The number of benzene rings is 2. The molecule has 4 atom stereocenters. The topological polar surface area (TPSA) is 55.8 Å². The van der Waals surface area contributed by atoms with Crippen molar-refractivity contribution >= 4 is 23.0 Å². The van der Waals surface area contributed by atoms with Gasteiger partial charge in [0.05, 0.1) is 40.2 Å². The zero-order valence-electron chi connectivity index (χ0n) is 17.1. The van der Waals surface area contributed by atoms with E-state index in [-0.39, 0.29) is 46.4 Å². The molecule has 0 radical (unpaired) electrons. The van der Waals surface area contributed by atoms with Gasteiger partial charge in [0.15, 0.2) is 5.78 Å². The van der Waals surface area contributed by atoms with Crippen molar-refractivity contribution < 1.29 is 32.5 Å². The Hall–Kier alpha value is -2.51. The first-order chi connectivity index (χ1) is 15.2. The van der Waals surface area contributed by atoms with Crippen LogP contribution >= 0.6 is 11.6 Å². The molecule has 2 bridgehead atoms. The van der Waals surface area contributed by atoms with E-state index in [9.17, 15) is 23.1 Å². The molecule has 1 aliphatic carbocycles. The summed E-state index contributed by atoms with van der Waals surface area (Å²) in [6.45, 7) is 1.94. The maximum absolute atomic E-state index is 13.2. The van der Waals surface area contributed by atoms with Crippen LogP contribution in [0.5, 0.6) is 11.5 Å². The highest BCUT2D eigenvalue weighted by molar-refractivity contribution is 6.32. The Bertz CT molecular complexity index is 1140. The van der Waals surface area contributed by atoms with E-state index in [0.717, 1.165) is 36.6 Å². The minimum absolute atomic E-state index is 0.0617. The number of carbonyl (C=O) groups excluding carboxylic acids is 1. The first-order valence-electron chi connectivity index (χ1n) is 10.5. The summed E-state index contributed by atoms with van der Waals surface area (Å²) in [5.74, 6) is -0.361. The Morgan fingerprint density at radius 2 is 1.84 bits per heavy atom. The highest BCUT2D eigenvalue weighted by Gasteiger charge is 2.59. The van der Waals surface area contributed by atoms with Crippen molar-refractivity contribution in [2.75, 3.05) is 0 Å². The molecule has 2 aromatic rings. The van der Waals surface area contributed by atoms with Crippen LogP contribution in [-0.2, 0) is 22.1 Å². The number of carbonyl (C=O) groups is 1. The largest absolute Gasteiger partial charge is 0.511 e.